The third kappa shape index (κ3) is 7.62. The first kappa shape index (κ1) is 29.9. The van der Waals surface area contributed by atoms with Crippen LogP contribution in [0, 0.1) is 6.92 Å². The van der Waals surface area contributed by atoms with Crippen LogP contribution in [0.1, 0.15) is 32.2 Å². The second kappa shape index (κ2) is 14.1. The molecule has 1 aliphatic rings. The number of thiazole rings is 1. The second-order valence-corrected chi connectivity index (χ2v) is 11.9. The highest BCUT2D eigenvalue weighted by Gasteiger charge is 2.24. The maximum Gasteiger partial charge on any atom is 0.273 e. The van der Waals surface area contributed by atoms with E-state index in [1.807, 2.05) is 40.6 Å². The fourth-order valence-electron chi connectivity index (χ4n) is 5.16. The molecule has 5 rings (SSSR count). The highest BCUT2D eigenvalue weighted by atomic mass is 35.5. The summed E-state index contributed by atoms with van der Waals surface area (Å²) in [7, 11) is 3.31. The van der Waals surface area contributed by atoms with E-state index in [9.17, 15) is 4.79 Å². The van der Waals surface area contributed by atoms with Gasteiger partial charge in [-0.2, -0.15) is 0 Å². The van der Waals surface area contributed by atoms with Crippen LogP contribution in [-0.4, -0.2) is 67.6 Å². The zero-order valence-corrected chi connectivity index (χ0v) is 26.0. The van der Waals surface area contributed by atoms with E-state index < -0.39 is 0 Å². The van der Waals surface area contributed by atoms with Gasteiger partial charge in [0.1, 0.15) is 10.7 Å². The van der Waals surface area contributed by atoms with Crippen LogP contribution in [0.25, 0.3) is 0 Å². The van der Waals surface area contributed by atoms with Gasteiger partial charge in [0.15, 0.2) is 11.5 Å². The van der Waals surface area contributed by atoms with E-state index in [4.69, 9.17) is 26.1 Å². The van der Waals surface area contributed by atoms with Crippen molar-refractivity contribution >= 4 is 34.5 Å². The van der Waals surface area contributed by atoms with Gasteiger partial charge in [-0.25, -0.2) is 4.98 Å². The summed E-state index contributed by atoms with van der Waals surface area (Å²) in [6.07, 6.45) is 0.848. The number of nitrogens with zero attached hydrogens (tertiary/aromatic N) is 4. The van der Waals surface area contributed by atoms with Crippen molar-refractivity contribution in [3.8, 4) is 11.5 Å². The van der Waals surface area contributed by atoms with Gasteiger partial charge in [0, 0.05) is 55.4 Å². The van der Waals surface area contributed by atoms with Crippen LogP contribution in [0.15, 0.2) is 72.1 Å². The smallest absolute Gasteiger partial charge is 0.273 e. The molecule has 7 nitrogen and oxygen atoms in total. The number of aromatic nitrogens is 1. The van der Waals surface area contributed by atoms with Crippen LogP contribution in [0.2, 0.25) is 5.02 Å². The van der Waals surface area contributed by atoms with Gasteiger partial charge in [0.25, 0.3) is 5.91 Å². The van der Waals surface area contributed by atoms with Crippen molar-refractivity contribution in [2.45, 2.75) is 26.4 Å². The molecule has 0 spiro atoms. The van der Waals surface area contributed by atoms with E-state index >= 15 is 0 Å². The number of halogens is 1. The molecular formula is C33H37ClN4O3S. The predicted molar refractivity (Wildman–Crippen MR) is 170 cm³/mol. The number of carbonyl (C=O) groups is 1. The Labute approximate surface area is 257 Å². The molecule has 42 heavy (non-hydrogen) atoms. The van der Waals surface area contributed by atoms with E-state index in [0.29, 0.717) is 25.3 Å². The van der Waals surface area contributed by atoms with E-state index in [0.717, 1.165) is 59.8 Å². The maximum atomic E-state index is 13.3. The van der Waals surface area contributed by atoms with Gasteiger partial charge < -0.3 is 19.3 Å². The highest BCUT2D eigenvalue weighted by Crippen LogP contribution is 2.28. The topological polar surface area (TPSA) is 58.1 Å². The van der Waals surface area contributed by atoms with Crippen molar-refractivity contribution in [1.29, 1.82) is 0 Å². The van der Waals surface area contributed by atoms with E-state index in [-0.39, 0.29) is 5.91 Å². The van der Waals surface area contributed by atoms with Gasteiger partial charge in [-0.3, -0.25) is 9.69 Å². The Hall–Kier alpha value is -3.59. The first-order chi connectivity index (χ1) is 20.4. The molecule has 1 aromatic heterocycles. The zero-order valence-electron chi connectivity index (χ0n) is 24.4. The predicted octanol–water partition coefficient (Wildman–Crippen LogP) is 6.33. The summed E-state index contributed by atoms with van der Waals surface area (Å²) < 4.78 is 10.9. The summed E-state index contributed by atoms with van der Waals surface area (Å²) in [4.78, 5) is 24.7. The van der Waals surface area contributed by atoms with Crippen molar-refractivity contribution in [3.05, 3.63) is 105 Å². The van der Waals surface area contributed by atoms with Crippen LogP contribution in [0.3, 0.4) is 0 Å². The Morgan fingerprint density at radius 1 is 0.929 bits per heavy atom. The molecule has 0 unspecified atom stereocenters. The van der Waals surface area contributed by atoms with E-state index in [2.05, 4.69) is 53.1 Å². The summed E-state index contributed by atoms with van der Waals surface area (Å²) in [5.41, 5.74) is 5.28. The largest absolute Gasteiger partial charge is 0.493 e. The van der Waals surface area contributed by atoms with Crippen molar-refractivity contribution in [2.24, 2.45) is 0 Å². The average molecular weight is 605 g/mol. The number of ether oxygens (including phenoxy) is 2. The number of methoxy groups -OCH3 is 2. The van der Waals surface area contributed by atoms with Crippen LogP contribution in [0.4, 0.5) is 5.69 Å². The number of anilines is 1. The highest BCUT2D eigenvalue weighted by molar-refractivity contribution is 7.09. The molecule has 220 valence electrons. The molecule has 1 amide bonds. The number of carbonyl (C=O) groups excluding carboxylic acids is 1. The molecule has 9 heteroatoms. The molecule has 0 radical (unpaired) electrons. The molecule has 4 aromatic rings. The van der Waals surface area contributed by atoms with Gasteiger partial charge in [0.05, 0.1) is 20.8 Å². The minimum Gasteiger partial charge on any atom is -0.493 e. The first-order valence-corrected chi connectivity index (χ1v) is 15.4. The summed E-state index contributed by atoms with van der Waals surface area (Å²) in [5.74, 6) is 1.46. The van der Waals surface area contributed by atoms with Gasteiger partial charge in [-0.15, -0.1) is 11.3 Å². The molecule has 2 heterocycles. The van der Waals surface area contributed by atoms with Gasteiger partial charge in [-0.05, 0) is 54.8 Å². The summed E-state index contributed by atoms with van der Waals surface area (Å²) in [5, 5.41) is 3.57. The van der Waals surface area contributed by atoms with Crippen molar-refractivity contribution < 1.29 is 14.3 Å². The normalized spacial score (nSPS) is 13.5. The third-order valence-electron chi connectivity index (χ3n) is 7.56. The Kier molecular flexibility index (Phi) is 10.00. The third-order valence-corrected chi connectivity index (χ3v) is 8.63. The number of benzene rings is 3. The van der Waals surface area contributed by atoms with Crippen LogP contribution in [-0.2, 0) is 19.5 Å². The average Bonchev–Trinajstić information content (AvgIpc) is 3.49. The summed E-state index contributed by atoms with van der Waals surface area (Å²) in [6.45, 7) is 7.24. The molecule has 1 aliphatic heterocycles. The lowest BCUT2D eigenvalue weighted by Gasteiger charge is -2.35. The molecule has 0 aliphatic carbocycles. The quantitative estimate of drug-likeness (QED) is 0.199. The van der Waals surface area contributed by atoms with Crippen molar-refractivity contribution in [3.63, 3.8) is 0 Å². The fourth-order valence-corrected chi connectivity index (χ4v) is 6.16. The van der Waals surface area contributed by atoms with Crippen LogP contribution >= 0.6 is 22.9 Å². The van der Waals surface area contributed by atoms with E-state index in [1.165, 1.54) is 16.7 Å². The molecule has 1 fully saturated rings. The maximum absolute atomic E-state index is 13.3. The summed E-state index contributed by atoms with van der Waals surface area (Å²) in [6, 6.07) is 22.6. The fraction of sp³-hybridized carbons (Fsp3) is 0.333. The molecule has 1 saturated heterocycles. The second-order valence-electron chi connectivity index (χ2n) is 10.5. The minimum absolute atomic E-state index is 0.00124. The number of amides is 1. The first-order valence-electron chi connectivity index (χ1n) is 14.1. The standard InChI is InChI=1S/C33H37ClN4O3S/c1-24-7-9-26(10-8-24)21-36(14-13-25-11-12-30(40-2)31(19-25)41-3)22-32-35-29(23-42-32)33(39)38-17-15-37(16-18-38)28-6-4-5-27(34)20-28/h4-12,19-20,23H,13-18,21-22H2,1-3H3. The Morgan fingerprint density at radius 3 is 2.38 bits per heavy atom. The molecule has 0 bridgehead atoms. The lowest BCUT2D eigenvalue weighted by molar-refractivity contribution is 0.0741. The van der Waals surface area contributed by atoms with Gasteiger partial charge >= 0.3 is 0 Å². The SMILES string of the molecule is COc1ccc(CCN(Cc2ccc(C)cc2)Cc2nc(C(=O)N3CCN(c4cccc(Cl)c4)CC3)cs2)cc1OC. The molecule has 0 saturated carbocycles. The van der Waals surface area contributed by atoms with E-state index in [1.54, 1.807) is 25.6 Å². The Morgan fingerprint density at radius 2 is 1.67 bits per heavy atom. The molecule has 0 N–H and O–H groups in total. The zero-order chi connectivity index (χ0) is 29.5. The van der Waals surface area contributed by atoms with Gasteiger partial charge in [0.2, 0.25) is 0 Å². The molecule has 0 atom stereocenters. The molecule has 3 aromatic carbocycles. The Balaban J connectivity index is 1.23. The van der Waals surface area contributed by atoms with Crippen molar-refractivity contribution in [1.82, 2.24) is 14.8 Å². The summed E-state index contributed by atoms with van der Waals surface area (Å²) >= 11 is 7.73. The number of hydrogen-bond acceptors (Lipinski definition) is 7. The van der Waals surface area contributed by atoms with Crippen LogP contribution in [0.5, 0.6) is 11.5 Å². The number of aryl methyl sites for hydroxylation is 1. The number of rotatable bonds is 11. The Bertz CT molecular complexity index is 1480. The van der Waals surface area contributed by atoms with Gasteiger partial charge in [-0.1, -0.05) is 53.6 Å². The number of piperazine rings is 1. The van der Waals surface area contributed by atoms with Crippen molar-refractivity contribution in [2.75, 3.05) is 51.8 Å². The van der Waals surface area contributed by atoms with Crippen LogP contribution < -0.4 is 14.4 Å². The lowest BCUT2D eigenvalue weighted by Crippen LogP contribution is -2.48. The lowest BCUT2D eigenvalue weighted by atomic mass is 10.1. The number of hydrogen-bond donors (Lipinski definition) is 0. The molecular weight excluding hydrogens is 568 g/mol. The monoisotopic (exact) mass is 604 g/mol. The minimum atomic E-state index is -0.00124.